The number of anilines is 1. The van der Waals surface area contributed by atoms with E-state index in [1.807, 2.05) is 0 Å². The zero-order chi connectivity index (χ0) is 12.0. The normalized spacial score (nSPS) is 15.2. The number of rotatable bonds is 2. The molecule has 0 atom stereocenters. The molecule has 3 rings (SSSR count). The Morgan fingerprint density at radius 3 is 2.47 bits per heavy atom. The lowest BCUT2D eigenvalue weighted by atomic mass is 10.2. The van der Waals surface area contributed by atoms with Gasteiger partial charge >= 0.3 is 0 Å². The fraction of sp³-hybridized carbons (Fsp3) is 0.273. The molecular formula is C11H8Cl3N3. The van der Waals surface area contributed by atoms with Crippen molar-refractivity contribution < 1.29 is 0 Å². The molecule has 0 amide bonds. The maximum absolute atomic E-state index is 6.17. The molecule has 0 aliphatic heterocycles. The molecule has 6 heteroatoms. The first-order chi connectivity index (χ1) is 8.15. The summed E-state index contributed by atoms with van der Waals surface area (Å²) < 4.78 is 0. The van der Waals surface area contributed by atoms with Crippen LogP contribution < -0.4 is 5.32 Å². The summed E-state index contributed by atoms with van der Waals surface area (Å²) in [7, 11) is 0. The van der Waals surface area contributed by atoms with E-state index in [4.69, 9.17) is 34.8 Å². The van der Waals surface area contributed by atoms with Crippen molar-refractivity contribution >= 4 is 51.5 Å². The van der Waals surface area contributed by atoms with E-state index in [2.05, 4.69) is 15.3 Å². The molecule has 0 bridgehead atoms. The lowest BCUT2D eigenvalue weighted by Gasteiger charge is -2.10. The van der Waals surface area contributed by atoms with Crippen LogP contribution in [0.1, 0.15) is 12.8 Å². The maximum atomic E-state index is 6.17. The van der Waals surface area contributed by atoms with Crippen LogP contribution >= 0.6 is 34.8 Å². The molecule has 17 heavy (non-hydrogen) atoms. The Hall–Kier alpha value is -0.770. The topological polar surface area (TPSA) is 37.8 Å². The molecule has 0 spiro atoms. The fourth-order valence-corrected chi connectivity index (χ4v) is 2.28. The average Bonchev–Trinajstić information content (AvgIpc) is 3.07. The third-order valence-corrected chi connectivity index (χ3v) is 3.43. The van der Waals surface area contributed by atoms with E-state index in [-0.39, 0.29) is 5.28 Å². The number of halogens is 3. The third kappa shape index (κ3) is 2.15. The van der Waals surface area contributed by atoms with Gasteiger partial charge in [0.25, 0.3) is 0 Å². The van der Waals surface area contributed by atoms with Crippen LogP contribution in [0.3, 0.4) is 0 Å². The van der Waals surface area contributed by atoms with Gasteiger partial charge in [-0.25, -0.2) is 9.97 Å². The molecule has 1 aliphatic rings. The lowest BCUT2D eigenvalue weighted by molar-refractivity contribution is 1.10. The van der Waals surface area contributed by atoms with E-state index >= 15 is 0 Å². The van der Waals surface area contributed by atoms with Crippen molar-refractivity contribution in [3.8, 4) is 0 Å². The van der Waals surface area contributed by atoms with Crippen molar-refractivity contribution in [2.24, 2.45) is 0 Å². The number of benzene rings is 1. The summed E-state index contributed by atoms with van der Waals surface area (Å²) in [6, 6.07) is 3.90. The van der Waals surface area contributed by atoms with Gasteiger partial charge in [-0.2, -0.15) is 0 Å². The molecule has 88 valence electrons. The van der Waals surface area contributed by atoms with Gasteiger partial charge in [-0.15, -0.1) is 0 Å². The predicted molar refractivity (Wildman–Crippen MR) is 71.2 cm³/mol. The average molecular weight is 289 g/mol. The second kappa shape index (κ2) is 4.16. The highest BCUT2D eigenvalue weighted by molar-refractivity contribution is 6.41. The Morgan fingerprint density at radius 1 is 1.06 bits per heavy atom. The Balaban J connectivity index is 2.27. The van der Waals surface area contributed by atoms with Gasteiger partial charge in [0.1, 0.15) is 5.82 Å². The summed E-state index contributed by atoms with van der Waals surface area (Å²) in [5, 5.41) is 5.29. The first kappa shape index (κ1) is 11.3. The van der Waals surface area contributed by atoms with Gasteiger partial charge in [-0.05, 0) is 36.6 Å². The summed E-state index contributed by atoms with van der Waals surface area (Å²) in [6.07, 6.45) is 2.28. The second-order valence-electron chi connectivity index (χ2n) is 4.01. The molecule has 3 nitrogen and oxygen atoms in total. The van der Waals surface area contributed by atoms with Gasteiger partial charge in [0.15, 0.2) is 0 Å². The lowest BCUT2D eigenvalue weighted by Crippen LogP contribution is -2.05. The fourth-order valence-electron chi connectivity index (χ4n) is 1.67. The highest BCUT2D eigenvalue weighted by Crippen LogP contribution is 2.35. The van der Waals surface area contributed by atoms with Crippen molar-refractivity contribution in [1.82, 2.24) is 9.97 Å². The molecule has 0 saturated heterocycles. The van der Waals surface area contributed by atoms with Crippen molar-refractivity contribution in [3.63, 3.8) is 0 Å². The van der Waals surface area contributed by atoms with Crippen LogP contribution in [0.2, 0.25) is 15.3 Å². The Kier molecular flexibility index (Phi) is 2.77. The smallest absolute Gasteiger partial charge is 0.224 e. The highest BCUT2D eigenvalue weighted by Gasteiger charge is 2.23. The minimum absolute atomic E-state index is 0.171. The molecular weight excluding hydrogens is 281 g/mol. The molecule has 0 unspecified atom stereocenters. The number of hydrogen-bond donors (Lipinski definition) is 1. The summed E-state index contributed by atoms with van der Waals surface area (Å²) in [6.45, 7) is 0. The van der Waals surface area contributed by atoms with E-state index < -0.39 is 0 Å². The first-order valence-electron chi connectivity index (χ1n) is 5.23. The van der Waals surface area contributed by atoms with Crippen LogP contribution in [-0.4, -0.2) is 16.0 Å². The molecule has 1 aromatic heterocycles. The van der Waals surface area contributed by atoms with Gasteiger partial charge in [0.2, 0.25) is 5.28 Å². The molecule has 1 aromatic carbocycles. The van der Waals surface area contributed by atoms with E-state index in [1.54, 1.807) is 12.1 Å². The molecule has 1 saturated carbocycles. The zero-order valence-corrected chi connectivity index (χ0v) is 10.9. The standard InChI is InChI=1S/C11H8Cl3N3/c12-6-3-4-7(13)9-8(6)10(15-5-1-2-5)17-11(14)16-9/h3-5H,1-2H2,(H,15,16,17). The molecule has 1 aliphatic carbocycles. The van der Waals surface area contributed by atoms with Crippen LogP contribution in [0, 0.1) is 0 Å². The summed E-state index contributed by atoms with van der Waals surface area (Å²) in [5.41, 5.74) is 0.585. The van der Waals surface area contributed by atoms with E-state index in [0.29, 0.717) is 27.4 Å². The molecule has 2 aromatic rings. The van der Waals surface area contributed by atoms with Crippen LogP contribution in [0.5, 0.6) is 0 Å². The van der Waals surface area contributed by atoms with Crippen LogP contribution in [0.4, 0.5) is 5.82 Å². The molecule has 1 heterocycles. The largest absolute Gasteiger partial charge is 0.367 e. The summed E-state index contributed by atoms with van der Waals surface area (Å²) in [4.78, 5) is 8.31. The number of nitrogens with zero attached hydrogens (tertiary/aromatic N) is 2. The van der Waals surface area contributed by atoms with Crippen molar-refractivity contribution in [2.75, 3.05) is 5.32 Å². The summed E-state index contributed by atoms with van der Waals surface area (Å²) >= 11 is 18.1. The Labute approximate surface area is 113 Å². The molecule has 1 fully saturated rings. The van der Waals surface area contributed by atoms with E-state index in [9.17, 15) is 0 Å². The van der Waals surface area contributed by atoms with E-state index in [1.165, 1.54) is 0 Å². The monoisotopic (exact) mass is 287 g/mol. The van der Waals surface area contributed by atoms with Crippen molar-refractivity contribution in [2.45, 2.75) is 18.9 Å². The van der Waals surface area contributed by atoms with Crippen LogP contribution in [0.15, 0.2) is 12.1 Å². The Bertz CT molecular complexity index is 596. The van der Waals surface area contributed by atoms with Gasteiger partial charge in [-0.1, -0.05) is 23.2 Å². The van der Waals surface area contributed by atoms with Gasteiger partial charge in [0.05, 0.1) is 20.9 Å². The number of hydrogen-bond acceptors (Lipinski definition) is 3. The van der Waals surface area contributed by atoms with Crippen LogP contribution in [-0.2, 0) is 0 Å². The number of nitrogens with one attached hydrogen (secondary N) is 1. The van der Waals surface area contributed by atoms with E-state index in [0.717, 1.165) is 18.2 Å². The minimum Gasteiger partial charge on any atom is -0.367 e. The number of fused-ring (bicyclic) bond motifs is 1. The quantitative estimate of drug-likeness (QED) is 0.843. The minimum atomic E-state index is 0.171. The first-order valence-corrected chi connectivity index (χ1v) is 6.36. The van der Waals surface area contributed by atoms with Gasteiger partial charge < -0.3 is 5.32 Å². The second-order valence-corrected chi connectivity index (χ2v) is 5.17. The van der Waals surface area contributed by atoms with Gasteiger partial charge in [0, 0.05) is 6.04 Å². The van der Waals surface area contributed by atoms with Crippen molar-refractivity contribution in [3.05, 3.63) is 27.5 Å². The van der Waals surface area contributed by atoms with Crippen molar-refractivity contribution in [1.29, 1.82) is 0 Å². The molecule has 1 N–H and O–H groups in total. The predicted octanol–water partition coefficient (Wildman–Crippen LogP) is 4.16. The van der Waals surface area contributed by atoms with Gasteiger partial charge in [-0.3, -0.25) is 0 Å². The highest BCUT2D eigenvalue weighted by atomic mass is 35.5. The SMILES string of the molecule is Clc1nc(NC2CC2)c2c(Cl)ccc(Cl)c2n1. The van der Waals surface area contributed by atoms with Crippen LogP contribution in [0.25, 0.3) is 10.9 Å². The third-order valence-electron chi connectivity index (χ3n) is 2.64. The molecule has 0 radical (unpaired) electrons. The zero-order valence-electron chi connectivity index (χ0n) is 8.67. The maximum Gasteiger partial charge on any atom is 0.224 e. The number of aromatic nitrogens is 2. The summed E-state index contributed by atoms with van der Waals surface area (Å²) in [5.74, 6) is 0.662. The Morgan fingerprint density at radius 2 is 1.76 bits per heavy atom.